The predicted octanol–water partition coefficient (Wildman–Crippen LogP) is 1.36. The average molecular weight is 205 g/mol. The van der Waals surface area contributed by atoms with Gasteiger partial charge in [0.2, 0.25) is 6.16 Å². The van der Waals surface area contributed by atoms with Gasteiger partial charge in [-0.2, -0.15) is 0 Å². The lowest BCUT2D eigenvalue weighted by Crippen LogP contribution is -2.10. The van der Waals surface area contributed by atoms with Gasteiger partial charge in [-0.1, -0.05) is 0 Å². The lowest BCUT2D eigenvalue weighted by Gasteiger charge is -2.16. The van der Waals surface area contributed by atoms with Crippen molar-refractivity contribution in [1.29, 1.82) is 0 Å². The van der Waals surface area contributed by atoms with Gasteiger partial charge in [-0.15, -0.1) is 0 Å². The Hall–Kier alpha value is -0.440. The molecule has 0 aromatic rings. The first-order chi connectivity index (χ1) is 6.02. The molecule has 4 nitrogen and oxygen atoms in total. The molecule has 0 fully saturated rings. The minimum Gasteiger partial charge on any atom is -0.478 e. The van der Waals surface area contributed by atoms with Crippen LogP contribution in [0.25, 0.3) is 0 Å². The van der Waals surface area contributed by atoms with E-state index < -0.39 is 19.8 Å². The normalized spacial score (nSPS) is 18.2. The van der Waals surface area contributed by atoms with Gasteiger partial charge >= 0.3 is 13.7 Å². The molecular weight excluding hydrogens is 191 g/mol. The van der Waals surface area contributed by atoms with Gasteiger partial charge < -0.3 is 5.11 Å². The summed E-state index contributed by atoms with van der Waals surface area (Å²) in [5, 5.41) is 9.02. The number of aliphatic carboxylic acids is 1. The summed E-state index contributed by atoms with van der Waals surface area (Å²) in [6.07, 6.45) is 4.69. The Bertz CT molecular complexity index is 234. The van der Waals surface area contributed by atoms with Crippen molar-refractivity contribution in [1.82, 2.24) is 0 Å². The summed E-state index contributed by atoms with van der Waals surface area (Å²) in [6.45, 7) is 0. The molecule has 0 unspecified atom stereocenters. The zero-order valence-corrected chi connectivity index (χ0v) is 8.20. The lowest BCUT2D eigenvalue weighted by molar-refractivity contribution is -0.134. The van der Waals surface area contributed by atoms with Crippen LogP contribution in [-0.4, -0.2) is 27.0 Å². The first kappa shape index (κ1) is 10.6. The van der Waals surface area contributed by atoms with E-state index in [2.05, 4.69) is 0 Å². The molecule has 0 spiro atoms. The molecular formula is C8H14O4P+. The highest BCUT2D eigenvalue weighted by Gasteiger charge is 2.41. The quantitative estimate of drug-likeness (QED) is 0.608. The van der Waals surface area contributed by atoms with Gasteiger partial charge in [0.1, 0.15) is 5.31 Å². The van der Waals surface area contributed by atoms with Crippen LogP contribution in [0.2, 0.25) is 0 Å². The standard InChI is InChI=1S/C8H13O4P/c9-8(10)6-13(11,12)7-4-2-1-3-5-7/h4,11-12H,1-3,5-6H2/p+1. The molecule has 74 valence electrons. The molecule has 5 heteroatoms. The maximum atomic E-state index is 10.3. The number of hydrogen-bond donors (Lipinski definition) is 3. The summed E-state index contributed by atoms with van der Waals surface area (Å²) < 4.78 is 0. The Morgan fingerprint density at radius 3 is 2.62 bits per heavy atom. The minimum absolute atomic E-state index is 0.529. The molecule has 0 heterocycles. The predicted molar refractivity (Wildman–Crippen MR) is 50.4 cm³/mol. The average Bonchev–Trinajstić information content (AvgIpc) is 2.04. The summed E-state index contributed by atoms with van der Waals surface area (Å²) in [4.78, 5) is 29.4. The molecule has 1 rings (SSSR count). The third kappa shape index (κ3) is 3.07. The maximum Gasteiger partial charge on any atom is 0.347 e. The molecule has 0 saturated carbocycles. The fourth-order valence-electron chi connectivity index (χ4n) is 1.44. The molecule has 0 radical (unpaired) electrons. The van der Waals surface area contributed by atoms with Gasteiger partial charge in [0.15, 0.2) is 0 Å². The van der Waals surface area contributed by atoms with Crippen LogP contribution < -0.4 is 0 Å². The lowest BCUT2D eigenvalue weighted by atomic mass is 10.1. The highest BCUT2D eigenvalue weighted by Crippen LogP contribution is 2.60. The number of hydrogen-bond acceptors (Lipinski definition) is 3. The van der Waals surface area contributed by atoms with E-state index in [4.69, 9.17) is 5.11 Å². The molecule has 0 amide bonds. The largest absolute Gasteiger partial charge is 0.478 e. The van der Waals surface area contributed by atoms with Gasteiger partial charge in [-0.05, 0) is 25.3 Å². The van der Waals surface area contributed by atoms with Crippen LogP contribution in [0.5, 0.6) is 0 Å². The zero-order chi connectivity index (χ0) is 9.90. The summed E-state index contributed by atoms with van der Waals surface area (Å²) in [5.74, 6) is -1.15. The molecule has 0 aromatic heterocycles. The van der Waals surface area contributed by atoms with Crippen molar-refractivity contribution in [2.45, 2.75) is 25.7 Å². The molecule has 1 aliphatic rings. The summed E-state index contributed by atoms with van der Waals surface area (Å²) in [7, 11) is -3.31. The topological polar surface area (TPSA) is 77.8 Å². The zero-order valence-electron chi connectivity index (χ0n) is 7.31. The van der Waals surface area contributed by atoms with E-state index >= 15 is 0 Å². The van der Waals surface area contributed by atoms with E-state index in [-0.39, 0.29) is 0 Å². The van der Waals surface area contributed by atoms with Gasteiger partial charge in [-0.3, -0.25) is 0 Å². The SMILES string of the molecule is O=C(O)C[P+](O)(O)C1=CCCCC1. The molecule has 0 atom stereocenters. The van der Waals surface area contributed by atoms with E-state index in [9.17, 15) is 14.6 Å². The molecule has 0 bridgehead atoms. The van der Waals surface area contributed by atoms with Crippen molar-refractivity contribution in [2.75, 3.05) is 6.16 Å². The molecule has 0 aliphatic heterocycles. The van der Waals surface area contributed by atoms with E-state index in [1.54, 1.807) is 6.08 Å². The highest BCUT2D eigenvalue weighted by atomic mass is 31.2. The summed E-state index contributed by atoms with van der Waals surface area (Å²) in [5.41, 5.74) is 0. The van der Waals surface area contributed by atoms with E-state index in [1.807, 2.05) is 0 Å². The number of rotatable bonds is 3. The Labute approximate surface area is 77.4 Å². The van der Waals surface area contributed by atoms with Gasteiger partial charge in [0, 0.05) is 6.42 Å². The van der Waals surface area contributed by atoms with Crippen LogP contribution in [0.15, 0.2) is 11.4 Å². The number of allylic oxidation sites excluding steroid dienone is 2. The number of carbonyl (C=O) groups is 1. The molecule has 13 heavy (non-hydrogen) atoms. The van der Waals surface area contributed by atoms with Crippen LogP contribution in [0.3, 0.4) is 0 Å². The molecule has 1 aliphatic carbocycles. The molecule has 3 N–H and O–H groups in total. The number of carboxylic acid groups (broad SMARTS) is 1. The summed E-state index contributed by atoms with van der Waals surface area (Å²) >= 11 is 0. The van der Waals surface area contributed by atoms with Crippen LogP contribution in [-0.2, 0) is 4.79 Å². The Kier molecular flexibility index (Phi) is 3.42. The van der Waals surface area contributed by atoms with E-state index in [0.29, 0.717) is 11.7 Å². The third-order valence-corrected chi connectivity index (χ3v) is 4.12. The minimum atomic E-state index is -3.31. The maximum absolute atomic E-state index is 10.3. The van der Waals surface area contributed by atoms with E-state index in [1.165, 1.54) is 0 Å². The van der Waals surface area contributed by atoms with Crippen molar-refractivity contribution >= 4 is 13.7 Å². The van der Waals surface area contributed by atoms with Crippen LogP contribution in [0.4, 0.5) is 0 Å². The Balaban J connectivity index is 2.66. The molecule has 0 saturated heterocycles. The van der Waals surface area contributed by atoms with Crippen LogP contribution >= 0.6 is 7.72 Å². The van der Waals surface area contributed by atoms with Crippen molar-refractivity contribution in [3.63, 3.8) is 0 Å². The second-order valence-electron chi connectivity index (χ2n) is 3.22. The van der Waals surface area contributed by atoms with Crippen LogP contribution in [0.1, 0.15) is 25.7 Å². The second kappa shape index (κ2) is 4.18. The van der Waals surface area contributed by atoms with Crippen LogP contribution in [0, 0.1) is 0 Å². The van der Waals surface area contributed by atoms with Gasteiger partial charge in [0.25, 0.3) is 0 Å². The Morgan fingerprint density at radius 2 is 2.15 bits per heavy atom. The van der Waals surface area contributed by atoms with Crippen molar-refractivity contribution in [3.8, 4) is 0 Å². The number of carboxylic acids is 1. The first-order valence-electron chi connectivity index (χ1n) is 4.27. The monoisotopic (exact) mass is 205 g/mol. The fourth-order valence-corrected chi connectivity index (χ4v) is 2.95. The Morgan fingerprint density at radius 1 is 1.46 bits per heavy atom. The van der Waals surface area contributed by atoms with Gasteiger partial charge in [0.05, 0.1) is 0 Å². The van der Waals surface area contributed by atoms with Crippen molar-refractivity contribution in [2.24, 2.45) is 0 Å². The molecule has 0 aromatic carbocycles. The third-order valence-electron chi connectivity index (χ3n) is 2.08. The fraction of sp³-hybridized carbons (Fsp3) is 0.625. The van der Waals surface area contributed by atoms with E-state index in [0.717, 1.165) is 19.3 Å². The van der Waals surface area contributed by atoms with Crippen molar-refractivity contribution < 1.29 is 19.7 Å². The second-order valence-corrected chi connectivity index (χ2v) is 5.57. The van der Waals surface area contributed by atoms with Crippen molar-refractivity contribution in [3.05, 3.63) is 11.4 Å². The summed E-state index contributed by atoms with van der Waals surface area (Å²) in [6, 6.07) is 0. The van der Waals surface area contributed by atoms with Gasteiger partial charge in [-0.25, -0.2) is 14.6 Å². The first-order valence-corrected chi connectivity index (χ1v) is 6.15. The highest BCUT2D eigenvalue weighted by molar-refractivity contribution is 7.69. The smallest absolute Gasteiger partial charge is 0.347 e.